The fraction of sp³-hybridized carbons (Fsp3) is 0.407. The lowest BCUT2D eigenvalue weighted by Gasteiger charge is -2.57. The number of amides is 1. The predicted octanol–water partition coefficient (Wildman–Crippen LogP) is 5.38. The lowest BCUT2D eigenvalue weighted by Crippen LogP contribution is -2.48. The van der Waals surface area contributed by atoms with Gasteiger partial charge in [0, 0.05) is 24.1 Å². The third-order valence-electron chi connectivity index (χ3n) is 8.14. The third-order valence-corrected chi connectivity index (χ3v) is 8.14. The second kappa shape index (κ2) is 7.19. The van der Waals surface area contributed by atoms with Crippen molar-refractivity contribution in [2.45, 2.75) is 50.9 Å². The van der Waals surface area contributed by atoms with Crippen LogP contribution in [0.3, 0.4) is 0 Å². The first-order valence-electron chi connectivity index (χ1n) is 11.7. The Balaban J connectivity index is 1.42. The summed E-state index contributed by atoms with van der Waals surface area (Å²) in [6, 6.07) is 11.6. The number of aromatic hydroxyl groups is 1. The fourth-order valence-corrected chi connectivity index (χ4v) is 7.15. The fourth-order valence-electron chi connectivity index (χ4n) is 7.15. The minimum absolute atomic E-state index is 0.0260. The first-order chi connectivity index (χ1) is 15.8. The Bertz CT molecular complexity index is 1300. The summed E-state index contributed by atoms with van der Waals surface area (Å²) in [6.07, 6.45) is 7.39. The van der Waals surface area contributed by atoms with E-state index in [1.807, 2.05) is 6.07 Å². The molecule has 7 rings (SSSR count). The van der Waals surface area contributed by atoms with Gasteiger partial charge in [0.15, 0.2) is 5.43 Å². The normalized spacial score (nSPS) is 27.8. The van der Waals surface area contributed by atoms with Gasteiger partial charge in [-0.15, -0.1) is 0 Å². The maximum Gasteiger partial charge on any atom is 0.247 e. The molecule has 0 atom stereocenters. The van der Waals surface area contributed by atoms with Crippen molar-refractivity contribution < 1.29 is 19.5 Å². The van der Waals surface area contributed by atoms with Crippen molar-refractivity contribution in [2.24, 2.45) is 17.8 Å². The molecule has 0 unspecified atom stereocenters. The van der Waals surface area contributed by atoms with E-state index in [9.17, 15) is 19.9 Å². The van der Waals surface area contributed by atoms with Gasteiger partial charge in [0.25, 0.3) is 0 Å². The largest absolute Gasteiger partial charge is 0.508 e. The van der Waals surface area contributed by atoms with Gasteiger partial charge in [0.2, 0.25) is 5.91 Å². The minimum atomic E-state index is -0.545. The van der Waals surface area contributed by atoms with Gasteiger partial charge >= 0.3 is 0 Å². The quantitative estimate of drug-likeness (QED) is 0.417. The number of phenols is 1. The molecule has 1 amide bonds. The van der Waals surface area contributed by atoms with Gasteiger partial charge in [-0.05, 0) is 98.1 Å². The first-order valence-corrected chi connectivity index (χ1v) is 11.7. The Labute approximate surface area is 191 Å². The molecule has 0 aliphatic heterocycles. The highest BCUT2D eigenvalue weighted by Gasteiger charge is 2.52. The minimum Gasteiger partial charge on any atom is -0.508 e. The zero-order chi connectivity index (χ0) is 22.9. The van der Waals surface area contributed by atoms with Crippen LogP contribution in [0.2, 0.25) is 0 Å². The lowest BCUT2D eigenvalue weighted by molar-refractivity contribution is -0.121. The van der Waals surface area contributed by atoms with Crippen LogP contribution in [-0.2, 0) is 10.2 Å². The number of anilines is 1. The molecule has 6 nitrogen and oxygen atoms in total. The highest BCUT2D eigenvalue weighted by atomic mass is 16.5. The molecule has 6 heteroatoms. The van der Waals surface area contributed by atoms with Crippen LogP contribution in [0.1, 0.15) is 51.0 Å². The number of phenolic OH excluding ortho intramolecular Hbond substituents is 1. The highest BCUT2D eigenvalue weighted by molar-refractivity contribution is 5.92. The molecule has 0 spiro atoms. The number of benzene rings is 2. The van der Waals surface area contributed by atoms with E-state index in [0.29, 0.717) is 22.2 Å². The van der Waals surface area contributed by atoms with Gasteiger partial charge in [0.05, 0.1) is 11.1 Å². The molecule has 3 aromatic rings. The summed E-state index contributed by atoms with van der Waals surface area (Å²) >= 11 is 0. The molecule has 4 saturated carbocycles. The van der Waals surface area contributed by atoms with Gasteiger partial charge in [-0.25, -0.2) is 0 Å². The van der Waals surface area contributed by atoms with Crippen molar-refractivity contribution in [3.63, 3.8) is 0 Å². The van der Waals surface area contributed by atoms with Crippen LogP contribution in [0.25, 0.3) is 22.3 Å². The Morgan fingerprint density at radius 1 is 1.00 bits per heavy atom. The van der Waals surface area contributed by atoms with Crippen molar-refractivity contribution >= 4 is 22.6 Å². The summed E-state index contributed by atoms with van der Waals surface area (Å²) in [5, 5.41) is 21.5. The van der Waals surface area contributed by atoms with Gasteiger partial charge in [-0.3, -0.25) is 14.8 Å². The summed E-state index contributed by atoms with van der Waals surface area (Å²) in [5.74, 6) is 2.51. The second-order valence-electron chi connectivity index (χ2n) is 10.4. The van der Waals surface area contributed by atoms with Gasteiger partial charge in [-0.1, -0.05) is 0 Å². The van der Waals surface area contributed by atoms with Crippen LogP contribution in [-0.4, -0.2) is 16.2 Å². The van der Waals surface area contributed by atoms with Crippen LogP contribution in [0.5, 0.6) is 5.75 Å². The standard InChI is InChI=1S/C27H27NO5/c1-15(29)28(32)20-3-5-25-21(10-20)24(31)11-26(33-25)19-2-4-23(30)22(9-19)27-12-16-6-17(13-27)8-18(7-16)14-27/h2-5,9-11,16-18,30,32H,6-8,12-14H2,1H3. The maximum atomic E-state index is 12.9. The van der Waals surface area contributed by atoms with E-state index in [1.54, 1.807) is 18.2 Å². The Morgan fingerprint density at radius 3 is 2.30 bits per heavy atom. The smallest absolute Gasteiger partial charge is 0.247 e. The third kappa shape index (κ3) is 3.27. The topological polar surface area (TPSA) is 91.0 Å². The molecule has 170 valence electrons. The molecule has 1 aromatic heterocycles. The summed E-state index contributed by atoms with van der Waals surface area (Å²) in [4.78, 5) is 24.3. The molecule has 2 N–H and O–H groups in total. The summed E-state index contributed by atoms with van der Waals surface area (Å²) in [6.45, 7) is 1.24. The van der Waals surface area contributed by atoms with Gasteiger partial charge in [0.1, 0.15) is 17.1 Å². The molecular weight excluding hydrogens is 418 g/mol. The summed E-state index contributed by atoms with van der Waals surface area (Å²) in [5.41, 5.74) is 2.13. The monoisotopic (exact) mass is 445 g/mol. The molecular formula is C27H27NO5. The van der Waals surface area contributed by atoms with Crippen molar-refractivity contribution in [2.75, 3.05) is 5.06 Å². The number of hydroxylamine groups is 1. The molecule has 1 heterocycles. The van der Waals surface area contributed by atoms with Crippen LogP contribution < -0.4 is 10.5 Å². The van der Waals surface area contributed by atoms with Crippen LogP contribution in [0.4, 0.5) is 5.69 Å². The van der Waals surface area contributed by atoms with E-state index in [0.717, 1.165) is 48.1 Å². The average molecular weight is 446 g/mol. The lowest BCUT2D eigenvalue weighted by atomic mass is 9.48. The molecule has 4 aliphatic carbocycles. The number of carbonyl (C=O) groups excluding carboxylic acids is 1. The highest BCUT2D eigenvalue weighted by Crippen LogP contribution is 2.62. The average Bonchev–Trinajstić information content (AvgIpc) is 2.77. The summed E-state index contributed by atoms with van der Waals surface area (Å²) in [7, 11) is 0. The van der Waals surface area contributed by atoms with Crippen molar-refractivity contribution in [3.05, 3.63) is 58.3 Å². The maximum absolute atomic E-state index is 12.9. The molecule has 0 saturated heterocycles. The number of hydrogen-bond acceptors (Lipinski definition) is 5. The van der Waals surface area contributed by atoms with E-state index in [2.05, 4.69) is 0 Å². The SMILES string of the molecule is CC(=O)N(O)c1ccc2oc(-c3ccc(O)c(C45CC6CC(CC(C6)C4)C5)c3)cc(=O)c2c1. The number of nitrogens with zero attached hydrogens (tertiary/aromatic N) is 1. The van der Waals surface area contributed by atoms with Crippen molar-refractivity contribution in [3.8, 4) is 17.1 Å². The molecule has 4 bridgehead atoms. The second-order valence-corrected chi connectivity index (χ2v) is 10.4. The van der Waals surface area contributed by atoms with Gasteiger partial charge < -0.3 is 9.52 Å². The Morgan fingerprint density at radius 2 is 1.67 bits per heavy atom. The molecule has 33 heavy (non-hydrogen) atoms. The van der Waals surface area contributed by atoms with Gasteiger partial charge in [-0.2, -0.15) is 5.06 Å². The number of fused-ring (bicyclic) bond motifs is 1. The van der Waals surface area contributed by atoms with Crippen LogP contribution in [0.15, 0.2) is 51.7 Å². The zero-order valence-corrected chi connectivity index (χ0v) is 18.6. The Hall–Kier alpha value is -3.12. The first kappa shape index (κ1) is 20.5. The number of carbonyl (C=O) groups is 1. The van der Waals surface area contributed by atoms with E-state index in [1.165, 1.54) is 44.4 Å². The summed E-state index contributed by atoms with van der Waals surface area (Å²) < 4.78 is 6.07. The number of rotatable bonds is 3. The predicted molar refractivity (Wildman–Crippen MR) is 124 cm³/mol. The van der Waals surface area contributed by atoms with Crippen LogP contribution >= 0.6 is 0 Å². The van der Waals surface area contributed by atoms with E-state index in [-0.39, 0.29) is 21.9 Å². The Kier molecular flexibility index (Phi) is 4.46. The van der Waals surface area contributed by atoms with Crippen LogP contribution in [0, 0.1) is 17.8 Å². The zero-order valence-electron chi connectivity index (χ0n) is 18.6. The van der Waals surface area contributed by atoms with E-state index < -0.39 is 5.91 Å². The molecule has 0 radical (unpaired) electrons. The van der Waals surface area contributed by atoms with Crippen molar-refractivity contribution in [1.82, 2.24) is 0 Å². The van der Waals surface area contributed by atoms with Crippen molar-refractivity contribution in [1.29, 1.82) is 0 Å². The molecule has 4 fully saturated rings. The molecule has 2 aromatic carbocycles. The van der Waals surface area contributed by atoms with E-state index >= 15 is 0 Å². The van der Waals surface area contributed by atoms with E-state index in [4.69, 9.17) is 4.42 Å². The number of hydrogen-bond donors (Lipinski definition) is 2. The molecule has 4 aliphatic rings.